The lowest BCUT2D eigenvalue weighted by Gasteiger charge is -2.50. The van der Waals surface area contributed by atoms with Crippen LogP contribution in [0.1, 0.15) is 28.1 Å². The van der Waals surface area contributed by atoms with Crippen LogP contribution in [-0.4, -0.2) is 70.1 Å². The molecule has 2 aliphatic heterocycles. The highest BCUT2D eigenvalue weighted by atomic mass is 32.2. The second-order valence-corrected chi connectivity index (χ2v) is 9.50. The van der Waals surface area contributed by atoms with Crippen LogP contribution in [0.15, 0.2) is 27.4 Å². The third-order valence-corrected chi connectivity index (χ3v) is 6.81. The van der Waals surface area contributed by atoms with Crippen molar-refractivity contribution in [3.8, 4) is 0 Å². The molecule has 0 unspecified atom stereocenters. The fraction of sp³-hybridized carbons (Fsp3) is 0.450. The number of carbonyl (C=O) groups is 4. The Morgan fingerprint density at radius 3 is 2.48 bits per heavy atom. The third-order valence-electron chi connectivity index (χ3n) is 6.27. The van der Waals surface area contributed by atoms with Gasteiger partial charge in [-0.05, 0) is 24.1 Å². The molecule has 176 valence electrons. The van der Waals surface area contributed by atoms with E-state index < -0.39 is 68.6 Å². The number of hydrogen-bond acceptors (Lipinski definition) is 11. The van der Waals surface area contributed by atoms with Gasteiger partial charge in [0.25, 0.3) is 16.0 Å². The number of fused-ring (bicyclic) bond motifs is 1. The Hall–Kier alpha value is -3.32. The van der Waals surface area contributed by atoms with Crippen LogP contribution in [-0.2, 0) is 50.1 Å². The predicted molar refractivity (Wildman–Crippen MR) is 106 cm³/mol. The summed E-state index contributed by atoms with van der Waals surface area (Å²) in [6.07, 6.45) is 0.394. The monoisotopic (exact) mass is 481 g/mol. The minimum atomic E-state index is -4.27. The number of amides is 1. The van der Waals surface area contributed by atoms with Crippen LogP contribution in [0.3, 0.4) is 0 Å². The predicted octanol–water partition coefficient (Wildman–Crippen LogP) is -0.947. The molecule has 3 atom stereocenters. The number of nitrogens with zero attached hydrogens (tertiary/aromatic N) is 1. The molecule has 1 aliphatic carbocycles. The molecule has 1 spiro atoms. The van der Waals surface area contributed by atoms with E-state index >= 15 is 0 Å². The summed E-state index contributed by atoms with van der Waals surface area (Å²) >= 11 is 0. The molecule has 3 aliphatic rings. The van der Waals surface area contributed by atoms with Gasteiger partial charge in [0.2, 0.25) is 5.76 Å². The first kappa shape index (κ1) is 22.9. The molecule has 0 saturated carbocycles. The highest BCUT2D eigenvalue weighted by molar-refractivity contribution is 7.86. The fourth-order valence-electron chi connectivity index (χ4n) is 5.09. The minimum Gasteiger partial charge on any atom is -0.468 e. The highest BCUT2D eigenvalue weighted by Gasteiger charge is 2.76. The molecule has 0 aromatic carbocycles. The summed E-state index contributed by atoms with van der Waals surface area (Å²) in [5, 5.41) is 0. The van der Waals surface area contributed by atoms with Gasteiger partial charge in [-0.25, -0.2) is 9.59 Å². The Labute approximate surface area is 187 Å². The van der Waals surface area contributed by atoms with Crippen LogP contribution in [0.25, 0.3) is 0 Å². The van der Waals surface area contributed by atoms with Crippen LogP contribution in [0.5, 0.6) is 0 Å². The van der Waals surface area contributed by atoms with Crippen LogP contribution in [0.2, 0.25) is 0 Å². The van der Waals surface area contributed by atoms with Crippen LogP contribution >= 0.6 is 0 Å². The molecule has 1 aromatic heterocycles. The highest BCUT2D eigenvalue weighted by Crippen LogP contribution is 2.61. The van der Waals surface area contributed by atoms with E-state index in [9.17, 15) is 32.4 Å². The van der Waals surface area contributed by atoms with Crippen molar-refractivity contribution in [3.05, 3.63) is 45.5 Å². The van der Waals surface area contributed by atoms with Gasteiger partial charge in [0.1, 0.15) is 0 Å². The summed E-state index contributed by atoms with van der Waals surface area (Å²) in [4.78, 5) is 65.5. The zero-order chi connectivity index (χ0) is 24.3. The maximum Gasteiger partial charge on any atom is 0.374 e. The van der Waals surface area contributed by atoms with E-state index in [1.54, 1.807) is 0 Å². The Morgan fingerprint density at radius 2 is 1.88 bits per heavy atom. The summed E-state index contributed by atoms with van der Waals surface area (Å²) in [6.45, 7) is -0.141. The molecule has 1 fully saturated rings. The van der Waals surface area contributed by atoms with Crippen molar-refractivity contribution in [1.29, 1.82) is 0 Å². The van der Waals surface area contributed by atoms with Gasteiger partial charge in [-0.3, -0.25) is 18.6 Å². The number of esters is 2. The first-order chi connectivity index (χ1) is 15.4. The van der Waals surface area contributed by atoms with Crippen molar-refractivity contribution in [3.63, 3.8) is 0 Å². The van der Waals surface area contributed by atoms with Crippen molar-refractivity contribution in [2.75, 3.05) is 27.0 Å². The molecule has 1 aromatic rings. The molecule has 33 heavy (non-hydrogen) atoms. The second kappa shape index (κ2) is 7.35. The van der Waals surface area contributed by atoms with E-state index in [0.717, 1.165) is 37.3 Å². The molecule has 3 heterocycles. The van der Waals surface area contributed by atoms with Gasteiger partial charge in [0.05, 0.1) is 26.0 Å². The van der Waals surface area contributed by atoms with E-state index in [4.69, 9.17) is 13.3 Å². The van der Waals surface area contributed by atoms with Gasteiger partial charge >= 0.3 is 17.6 Å². The van der Waals surface area contributed by atoms with Gasteiger partial charge in [-0.15, -0.1) is 0 Å². The van der Waals surface area contributed by atoms with Crippen molar-refractivity contribution < 1.29 is 45.7 Å². The molecule has 12 nitrogen and oxygen atoms in total. The van der Waals surface area contributed by atoms with Crippen LogP contribution in [0.4, 0.5) is 0 Å². The van der Waals surface area contributed by atoms with Gasteiger partial charge in [0, 0.05) is 18.5 Å². The summed E-state index contributed by atoms with van der Waals surface area (Å²) in [5.41, 5.74) is -4.95. The minimum absolute atomic E-state index is 0.0125. The molecular weight excluding hydrogens is 462 g/mol. The smallest absolute Gasteiger partial charge is 0.374 e. The first-order valence-electron chi connectivity index (χ1n) is 9.69. The van der Waals surface area contributed by atoms with Gasteiger partial charge in [-0.2, -0.15) is 8.42 Å². The number of ether oxygens (including phenoxy) is 2. The maximum absolute atomic E-state index is 13.5. The van der Waals surface area contributed by atoms with E-state index in [1.165, 1.54) is 0 Å². The molecule has 0 radical (unpaired) electrons. The van der Waals surface area contributed by atoms with E-state index in [0.29, 0.717) is 6.26 Å². The topological polar surface area (TPSA) is 164 Å². The zero-order valence-corrected chi connectivity index (χ0v) is 18.6. The average Bonchev–Trinajstić information content (AvgIpc) is 2.96. The lowest BCUT2D eigenvalue weighted by molar-refractivity contribution is -0.161. The number of rotatable bonds is 4. The number of allylic oxidation sites excluding steroid dienone is 1. The number of ketones is 1. The second-order valence-electron chi connectivity index (χ2n) is 7.90. The summed E-state index contributed by atoms with van der Waals surface area (Å²) in [6, 6.07) is 1.13. The lowest BCUT2D eigenvalue weighted by Crippen LogP contribution is -2.61. The van der Waals surface area contributed by atoms with Crippen molar-refractivity contribution >= 4 is 33.7 Å². The normalized spacial score (nSPS) is 28.1. The number of methoxy groups -OCH3 is 2. The Kier molecular flexibility index (Phi) is 5.09. The molecule has 1 amide bonds. The van der Waals surface area contributed by atoms with Gasteiger partial charge in [0.15, 0.2) is 17.3 Å². The van der Waals surface area contributed by atoms with Crippen molar-refractivity contribution in [1.82, 2.24) is 4.90 Å². The largest absolute Gasteiger partial charge is 0.468 e. The third kappa shape index (κ3) is 2.99. The average molecular weight is 481 g/mol. The lowest BCUT2D eigenvalue weighted by atomic mass is 9.58. The quantitative estimate of drug-likeness (QED) is 0.385. The van der Waals surface area contributed by atoms with Crippen molar-refractivity contribution in [2.24, 2.45) is 5.41 Å². The number of hydrogen-bond donors (Lipinski definition) is 0. The summed E-state index contributed by atoms with van der Waals surface area (Å²) in [7, 11) is -2.18. The standard InChI is InChI=1S/C20H19NO11S/c1-29-17(25)13-8-12-11(16(24)31-13)5-7-21-15(23)14(32-33(3,27)28)19(18(26)30-2)6-4-10(22)9-20(12,19)21/h4,6,8,14H,5,7,9H2,1-3H3/t14-,19+,20-/m1/s1. The van der Waals surface area contributed by atoms with E-state index in [-0.39, 0.29) is 24.1 Å². The fourth-order valence-corrected chi connectivity index (χ4v) is 5.67. The van der Waals surface area contributed by atoms with Crippen LogP contribution in [0, 0.1) is 5.41 Å². The SMILES string of the molecule is COC(=O)c1cc2c(c(=O)o1)CCN1C(=O)[C@@H](OS(C)(=O)=O)[C@]3(C(=O)OC)C=CC(=O)C[C@]213. The number of carbonyl (C=O) groups excluding carboxylic acids is 4. The zero-order valence-electron chi connectivity index (χ0n) is 17.8. The molecule has 4 rings (SSSR count). The summed E-state index contributed by atoms with van der Waals surface area (Å²) < 4.78 is 43.8. The molecule has 13 heteroatoms. The molecule has 1 saturated heterocycles. The van der Waals surface area contributed by atoms with E-state index in [2.05, 4.69) is 4.74 Å². The molecule has 0 bridgehead atoms. The maximum atomic E-state index is 13.5. The van der Waals surface area contributed by atoms with Gasteiger partial charge < -0.3 is 18.8 Å². The Morgan fingerprint density at radius 1 is 1.18 bits per heavy atom. The van der Waals surface area contributed by atoms with Crippen molar-refractivity contribution in [2.45, 2.75) is 24.5 Å². The Bertz CT molecular complexity index is 1290. The molecular formula is C20H19NO11S. The van der Waals surface area contributed by atoms with Gasteiger partial charge in [-0.1, -0.05) is 6.08 Å². The molecule has 0 N–H and O–H groups in total. The first-order valence-corrected chi connectivity index (χ1v) is 11.5. The van der Waals surface area contributed by atoms with Crippen LogP contribution < -0.4 is 5.63 Å². The van der Waals surface area contributed by atoms with E-state index in [1.807, 2.05) is 0 Å². The Balaban J connectivity index is 2.14. The summed E-state index contributed by atoms with van der Waals surface area (Å²) in [5.74, 6) is -3.97.